The number of esters is 1. The van der Waals surface area contributed by atoms with Gasteiger partial charge in [-0.3, -0.25) is 4.79 Å². The van der Waals surface area contributed by atoms with Gasteiger partial charge in [-0.05, 0) is 137 Å². The first kappa shape index (κ1) is 34.3. The minimum atomic E-state index is -0.439. The summed E-state index contributed by atoms with van der Waals surface area (Å²) in [7, 11) is 0. The lowest BCUT2D eigenvalue weighted by Crippen LogP contribution is -2.33. The zero-order chi connectivity index (χ0) is 33.1. The van der Waals surface area contributed by atoms with Gasteiger partial charge in [-0.25, -0.2) is 0 Å². The lowest BCUT2D eigenvalue weighted by Gasteiger charge is -2.40. The van der Waals surface area contributed by atoms with E-state index < -0.39 is 5.41 Å². The zero-order valence-corrected chi connectivity index (χ0v) is 30.4. The van der Waals surface area contributed by atoms with Crippen molar-refractivity contribution >= 4 is 5.97 Å². The summed E-state index contributed by atoms with van der Waals surface area (Å²) in [6.45, 7) is 11.0. The van der Waals surface area contributed by atoms with Crippen LogP contribution in [0.3, 0.4) is 0 Å². The van der Waals surface area contributed by atoms with E-state index in [0.29, 0.717) is 11.8 Å². The van der Waals surface area contributed by atoms with E-state index in [1.54, 1.807) is 5.57 Å². The zero-order valence-electron chi connectivity index (χ0n) is 30.4. The van der Waals surface area contributed by atoms with Crippen molar-refractivity contribution in [3.05, 3.63) is 70.3 Å². The average molecular weight is 639 g/mol. The topological polar surface area (TPSA) is 35.5 Å². The molecule has 3 heteroatoms. The number of carbonyl (C=O) groups excluding carboxylic acids is 1. The lowest BCUT2D eigenvalue weighted by molar-refractivity contribution is -0.145. The fourth-order valence-electron chi connectivity index (χ4n) is 9.48. The monoisotopic (exact) mass is 638 g/mol. The van der Waals surface area contributed by atoms with Crippen LogP contribution in [-0.2, 0) is 10.2 Å². The van der Waals surface area contributed by atoms with Crippen molar-refractivity contribution in [2.45, 2.75) is 179 Å². The number of benzene rings is 2. The second kappa shape index (κ2) is 14.5. The van der Waals surface area contributed by atoms with E-state index in [-0.39, 0.29) is 17.0 Å². The van der Waals surface area contributed by atoms with Gasteiger partial charge < -0.3 is 9.47 Å². The molecule has 0 N–H and O–H groups in total. The first-order valence-electron chi connectivity index (χ1n) is 19.6. The molecule has 0 aromatic heterocycles. The highest BCUT2D eigenvalue weighted by molar-refractivity contribution is 5.79. The maximum Gasteiger partial charge on any atom is 0.317 e. The molecule has 47 heavy (non-hydrogen) atoms. The fraction of sp³-hybridized carbons (Fsp3) is 0.659. The molecule has 6 rings (SSSR count). The summed E-state index contributed by atoms with van der Waals surface area (Å²) in [5.41, 5.74) is 6.64. The van der Waals surface area contributed by atoms with Crippen LogP contribution in [0.2, 0.25) is 0 Å². The van der Waals surface area contributed by atoms with Gasteiger partial charge in [-0.1, -0.05) is 102 Å². The highest BCUT2D eigenvalue weighted by Crippen LogP contribution is 2.51. The van der Waals surface area contributed by atoms with Gasteiger partial charge >= 0.3 is 5.97 Å². The largest absolute Gasteiger partial charge is 0.487 e. The Labute approximate surface area is 286 Å². The fourth-order valence-corrected chi connectivity index (χ4v) is 9.48. The number of fused-ring (bicyclic) bond motifs is 4. The standard InChI is InChI=1S/C44H62O3/c1-6-25-42(4,7-2)41(45)46-39-22-20-35(30-37(39)33-17-11-9-12-18-33)44(26-13-10-14-27-44)36-21-23-40-38(31-36)34-19-15-16-32(29-34)24-28-43(5,8-3)47-40/h16,20-23,30-31,33-34H,6-15,17-19,24-29H2,1-5H3. The molecule has 3 nitrogen and oxygen atoms in total. The van der Waals surface area contributed by atoms with Gasteiger partial charge in [0.2, 0.25) is 0 Å². The summed E-state index contributed by atoms with van der Waals surface area (Å²) in [4.78, 5) is 13.7. The molecule has 2 aromatic rings. The van der Waals surface area contributed by atoms with Gasteiger partial charge in [-0.15, -0.1) is 0 Å². The van der Waals surface area contributed by atoms with Gasteiger partial charge in [0.15, 0.2) is 0 Å². The van der Waals surface area contributed by atoms with Gasteiger partial charge in [0.05, 0.1) is 5.41 Å². The van der Waals surface area contributed by atoms with E-state index in [1.807, 2.05) is 0 Å². The Morgan fingerprint density at radius 2 is 1.57 bits per heavy atom. The summed E-state index contributed by atoms with van der Waals surface area (Å²) >= 11 is 0. The Bertz CT molecular complexity index is 1420. The predicted octanol–water partition coefficient (Wildman–Crippen LogP) is 12.6. The molecule has 3 atom stereocenters. The van der Waals surface area contributed by atoms with E-state index in [1.165, 1.54) is 106 Å². The summed E-state index contributed by atoms with van der Waals surface area (Å²) in [6, 6.07) is 14.4. The molecule has 0 amide bonds. The maximum absolute atomic E-state index is 13.7. The van der Waals surface area contributed by atoms with E-state index >= 15 is 0 Å². The first-order valence-corrected chi connectivity index (χ1v) is 19.6. The second-order valence-corrected chi connectivity index (χ2v) is 16.3. The predicted molar refractivity (Wildman–Crippen MR) is 195 cm³/mol. The summed E-state index contributed by atoms with van der Waals surface area (Å²) < 4.78 is 13.4. The van der Waals surface area contributed by atoms with Crippen molar-refractivity contribution in [3.8, 4) is 11.5 Å². The van der Waals surface area contributed by atoms with Gasteiger partial charge in [0, 0.05) is 5.41 Å². The van der Waals surface area contributed by atoms with E-state index in [4.69, 9.17) is 9.47 Å². The summed E-state index contributed by atoms with van der Waals surface area (Å²) in [5, 5.41) is 0. The second-order valence-electron chi connectivity index (χ2n) is 16.3. The lowest BCUT2D eigenvalue weighted by atomic mass is 9.64. The molecular weight excluding hydrogens is 576 g/mol. The van der Waals surface area contributed by atoms with Crippen molar-refractivity contribution in [3.63, 3.8) is 0 Å². The van der Waals surface area contributed by atoms with E-state index in [2.05, 4.69) is 77.1 Å². The molecule has 0 radical (unpaired) electrons. The van der Waals surface area contributed by atoms with Gasteiger partial charge in [0.1, 0.15) is 17.1 Å². The Balaban J connectivity index is 1.43. The molecule has 0 spiro atoms. The average Bonchev–Trinajstić information content (AvgIpc) is 3.15. The Kier molecular flexibility index (Phi) is 10.6. The van der Waals surface area contributed by atoms with Crippen LogP contribution in [-0.4, -0.2) is 11.6 Å². The highest BCUT2D eigenvalue weighted by Gasteiger charge is 2.40. The van der Waals surface area contributed by atoms with Crippen LogP contribution >= 0.6 is 0 Å². The number of carbonyl (C=O) groups is 1. The smallest absolute Gasteiger partial charge is 0.317 e. The number of rotatable bonds is 9. The molecule has 0 saturated heterocycles. The molecular formula is C44H62O3. The summed E-state index contributed by atoms with van der Waals surface area (Å²) in [6.07, 6.45) is 24.3. The SMILES string of the molecule is CCCC(C)(CC)C(=O)Oc1ccc(C2(c3ccc4c(c3)C3CCC=C(CCC(C)(CC)O4)C3)CCCCC2)cc1C1CCCCC1. The minimum absolute atomic E-state index is 0.0286. The van der Waals surface area contributed by atoms with Crippen molar-refractivity contribution in [2.75, 3.05) is 0 Å². The third-order valence-electron chi connectivity index (χ3n) is 13.1. The number of allylic oxidation sites excluding steroid dienone is 2. The quantitative estimate of drug-likeness (QED) is 0.156. The normalized spacial score (nSPS) is 26.0. The van der Waals surface area contributed by atoms with Crippen LogP contribution < -0.4 is 9.47 Å². The molecule has 1 aliphatic heterocycles. The van der Waals surface area contributed by atoms with E-state index in [0.717, 1.165) is 50.0 Å². The molecule has 3 unspecified atom stereocenters. The van der Waals surface area contributed by atoms with Crippen LogP contribution in [0.1, 0.15) is 191 Å². The Morgan fingerprint density at radius 1 is 0.872 bits per heavy atom. The van der Waals surface area contributed by atoms with Crippen LogP contribution in [0.4, 0.5) is 0 Å². The molecule has 4 aliphatic rings. The minimum Gasteiger partial charge on any atom is -0.487 e. The highest BCUT2D eigenvalue weighted by atomic mass is 16.5. The molecule has 256 valence electrons. The van der Waals surface area contributed by atoms with Crippen LogP contribution in [0, 0.1) is 5.41 Å². The Hall–Kier alpha value is -2.55. The van der Waals surface area contributed by atoms with Crippen LogP contribution in [0.5, 0.6) is 11.5 Å². The van der Waals surface area contributed by atoms with Gasteiger partial charge in [-0.2, -0.15) is 0 Å². The van der Waals surface area contributed by atoms with E-state index in [9.17, 15) is 4.79 Å². The van der Waals surface area contributed by atoms with Crippen LogP contribution in [0.25, 0.3) is 0 Å². The van der Waals surface area contributed by atoms with Crippen molar-refractivity contribution in [1.82, 2.24) is 0 Å². The first-order chi connectivity index (χ1) is 22.7. The van der Waals surface area contributed by atoms with Crippen molar-refractivity contribution < 1.29 is 14.3 Å². The molecule has 2 saturated carbocycles. The third-order valence-corrected chi connectivity index (χ3v) is 13.1. The molecule has 1 heterocycles. The maximum atomic E-state index is 13.7. The van der Waals surface area contributed by atoms with Crippen molar-refractivity contribution in [2.24, 2.45) is 5.41 Å². The van der Waals surface area contributed by atoms with Gasteiger partial charge in [0.25, 0.3) is 0 Å². The molecule has 3 aliphatic carbocycles. The number of ether oxygens (including phenoxy) is 2. The van der Waals surface area contributed by atoms with Crippen LogP contribution in [0.15, 0.2) is 48.0 Å². The molecule has 2 bridgehead atoms. The molecule has 2 aromatic carbocycles. The summed E-state index contributed by atoms with van der Waals surface area (Å²) in [5.74, 6) is 2.86. The molecule has 2 fully saturated rings. The van der Waals surface area contributed by atoms with Crippen molar-refractivity contribution in [1.29, 1.82) is 0 Å². The third kappa shape index (κ3) is 7.11. The number of hydrogen-bond donors (Lipinski definition) is 0. The number of hydrogen-bond acceptors (Lipinski definition) is 3. The Morgan fingerprint density at radius 3 is 2.28 bits per heavy atom.